The van der Waals surface area contributed by atoms with Crippen molar-refractivity contribution in [1.82, 2.24) is 0 Å². The van der Waals surface area contributed by atoms with Gasteiger partial charge in [0.25, 0.3) is 0 Å². The van der Waals surface area contributed by atoms with Crippen LogP contribution in [0.2, 0.25) is 0 Å². The van der Waals surface area contributed by atoms with E-state index in [-0.39, 0.29) is 5.41 Å². The summed E-state index contributed by atoms with van der Waals surface area (Å²) in [5, 5.41) is 4.73. The van der Waals surface area contributed by atoms with Gasteiger partial charge in [0, 0.05) is 33.9 Å². The van der Waals surface area contributed by atoms with Gasteiger partial charge in [0.15, 0.2) is 0 Å². The SMILES string of the molecule is c1ccc(N(c2ccc3c(c2)-c2ccccc2C32c3ccccc3-c3ccccc32)c2ccc3c(c2)oc2ccc4ccccc4c23)cc1. The summed E-state index contributed by atoms with van der Waals surface area (Å²) in [6.07, 6.45) is 0. The lowest BCUT2D eigenvalue weighted by atomic mass is 9.70. The topological polar surface area (TPSA) is 16.4 Å². The number of fused-ring (bicyclic) bond motifs is 15. The molecular weight excluding hydrogens is 595 g/mol. The van der Waals surface area contributed by atoms with Gasteiger partial charge in [0.05, 0.1) is 5.41 Å². The van der Waals surface area contributed by atoms with Gasteiger partial charge in [-0.05, 0) is 97.7 Å². The minimum atomic E-state index is -0.356. The van der Waals surface area contributed by atoms with E-state index in [0.29, 0.717) is 0 Å². The van der Waals surface area contributed by atoms with Gasteiger partial charge in [-0.25, -0.2) is 0 Å². The Morgan fingerprint density at radius 3 is 1.67 bits per heavy atom. The van der Waals surface area contributed by atoms with E-state index >= 15 is 0 Å². The van der Waals surface area contributed by atoms with Gasteiger partial charge in [-0.3, -0.25) is 0 Å². The minimum absolute atomic E-state index is 0.356. The van der Waals surface area contributed by atoms with E-state index in [0.717, 1.165) is 33.6 Å². The number of anilines is 3. The van der Waals surface area contributed by atoms with Crippen molar-refractivity contribution in [2.45, 2.75) is 5.41 Å². The Bertz CT molecular complexity index is 2740. The van der Waals surface area contributed by atoms with E-state index < -0.39 is 0 Å². The maximum absolute atomic E-state index is 6.55. The molecule has 49 heavy (non-hydrogen) atoms. The molecule has 0 saturated carbocycles. The van der Waals surface area contributed by atoms with Crippen molar-refractivity contribution in [3.8, 4) is 22.3 Å². The Morgan fingerprint density at radius 1 is 0.367 bits per heavy atom. The zero-order valence-electron chi connectivity index (χ0n) is 26.6. The number of hydrogen-bond donors (Lipinski definition) is 0. The lowest BCUT2D eigenvalue weighted by Gasteiger charge is -2.31. The third-order valence-electron chi connectivity index (χ3n) is 10.9. The van der Waals surface area contributed by atoms with Crippen molar-refractivity contribution in [3.05, 3.63) is 198 Å². The van der Waals surface area contributed by atoms with E-state index in [4.69, 9.17) is 4.42 Å². The largest absolute Gasteiger partial charge is 0.456 e. The first-order chi connectivity index (χ1) is 24.3. The zero-order chi connectivity index (χ0) is 32.1. The lowest BCUT2D eigenvalue weighted by molar-refractivity contribution is 0.669. The van der Waals surface area contributed by atoms with E-state index in [9.17, 15) is 0 Å². The quantitative estimate of drug-likeness (QED) is 0.195. The predicted molar refractivity (Wildman–Crippen MR) is 202 cm³/mol. The normalized spacial score (nSPS) is 13.5. The van der Waals surface area contributed by atoms with Crippen LogP contribution < -0.4 is 4.90 Å². The monoisotopic (exact) mass is 623 g/mol. The molecule has 2 nitrogen and oxygen atoms in total. The predicted octanol–water partition coefficient (Wildman–Crippen LogP) is 12.6. The molecule has 1 aromatic heterocycles. The van der Waals surface area contributed by atoms with Gasteiger partial charge in [-0.2, -0.15) is 0 Å². The molecule has 11 rings (SSSR count). The van der Waals surface area contributed by atoms with Crippen LogP contribution in [0.25, 0.3) is 55.0 Å². The number of nitrogens with zero attached hydrogens (tertiary/aromatic N) is 1. The standard InChI is InChI=1S/C47H29NO/c1-2-13-31(14-3-1)48(33-23-25-38-45(29-33)49-44-27-22-30-12-4-5-15-34(30)46(38)44)32-24-26-43-39(28-32)37-18-8-11-21-42(37)47(43)40-19-9-6-16-35(40)36-17-7-10-20-41(36)47/h1-29H. The first-order valence-corrected chi connectivity index (χ1v) is 16.9. The van der Waals surface area contributed by atoms with Crippen molar-refractivity contribution >= 4 is 49.8 Å². The average Bonchev–Trinajstić information content (AvgIpc) is 3.79. The minimum Gasteiger partial charge on any atom is -0.456 e. The highest BCUT2D eigenvalue weighted by atomic mass is 16.3. The van der Waals surface area contributed by atoms with Crippen molar-refractivity contribution < 1.29 is 4.42 Å². The number of furan rings is 1. The maximum atomic E-state index is 6.55. The van der Waals surface area contributed by atoms with Crippen LogP contribution in [0.3, 0.4) is 0 Å². The Balaban J connectivity index is 1.14. The smallest absolute Gasteiger partial charge is 0.137 e. The van der Waals surface area contributed by atoms with Crippen molar-refractivity contribution in [2.75, 3.05) is 4.90 Å². The molecule has 2 heteroatoms. The summed E-state index contributed by atoms with van der Waals surface area (Å²) in [7, 11) is 0. The molecular formula is C47H29NO. The fourth-order valence-corrected chi connectivity index (χ4v) is 8.92. The van der Waals surface area contributed by atoms with E-state index in [2.05, 4.69) is 181 Å². The molecule has 1 heterocycles. The third kappa shape index (κ3) is 3.50. The molecule has 0 unspecified atom stereocenters. The highest BCUT2D eigenvalue weighted by Crippen LogP contribution is 2.63. The maximum Gasteiger partial charge on any atom is 0.137 e. The summed E-state index contributed by atoms with van der Waals surface area (Å²) in [6.45, 7) is 0. The summed E-state index contributed by atoms with van der Waals surface area (Å²) in [5.74, 6) is 0. The summed E-state index contributed by atoms with van der Waals surface area (Å²) in [6, 6.07) is 64.1. The molecule has 0 fully saturated rings. The van der Waals surface area contributed by atoms with Crippen LogP contribution in [-0.2, 0) is 5.41 Å². The molecule has 0 saturated heterocycles. The van der Waals surface area contributed by atoms with Crippen LogP contribution >= 0.6 is 0 Å². The van der Waals surface area contributed by atoms with E-state index in [1.54, 1.807) is 0 Å². The number of benzene rings is 8. The van der Waals surface area contributed by atoms with E-state index in [1.807, 2.05) is 0 Å². The second kappa shape index (κ2) is 9.82. The summed E-state index contributed by atoms with van der Waals surface area (Å²) < 4.78 is 6.55. The van der Waals surface area contributed by atoms with Gasteiger partial charge in [0.1, 0.15) is 11.2 Å². The first-order valence-electron chi connectivity index (χ1n) is 16.9. The highest BCUT2D eigenvalue weighted by molar-refractivity contribution is 6.19. The van der Waals surface area contributed by atoms with Crippen molar-refractivity contribution in [1.29, 1.82) is 0 Å². The van der Waals surface area contributed by atoms with Crippen LogP contribution in [0.1, 0.15) is 22.3 Å². The molecule has 0 aliphatic heterocycles. The van der Waals surface area contributed by atoms with Crippen LogP contribution in [0.5, 0.6) is 0 Å². The fraction of sp³-hybridized carbons (Fsp3) is 0.0213. The first kappa shape index (κ1) is 26.7. The molecule has 2 aliphatic rings. The van der Waals surface area contributed by atoms with Gasteiger partial charge in [-0.15, -0.1) is 0 Å². The van der Waals surface area contributed by atoms with Crippen LogP contribution in [-0.4, -0.2) is 0 Å². The third-order valence-corrected chi connectivity index (χ3v) is 10.9. The molecule has 0 N–H and O–H groups in total. The molecule has 8 aromatic carbocycles. The molecule has 0 amide bonds. The molecule has 2 aliphatic carbocycles. The van der Waals surface area contributed by atoms with Crippen LogP contribution in [0.15, 0.2) is 180 Å². The van der Waals surface area contributed by atoms with Crippen molar-refractivity contribution in [2.24, 2.45) is 0 Å². The van der Waals surface area contributed by atoms with Crippen LogP contribution in [0, 0.1) is 0 Å². The second-order valence-electron chi connectivity index (χ2n) is 13.2. The Morgan fingerprint density at radius 2 is 0.939 bits per heavy atom. The molecule has 0 bridgehead atoms. The van der Waals surface area contributed by atoms with Gasteiger partial charge in [0.2, 0.25) is 0 Å². The average molecular weight is 624 g/mol. The number of rotatable bonds is 3. The summed E-state index contributed by atoms with van der Waals surface area (Å²) >= 11 is 0. The molecule has 9 aromatic rings. The number of hydrogen-bond acceptors (Lipinski definition) is 2. The van der Waals surface area contributed by atoms with E-state index in [1.165, 1.54) is 60.7 Å². The highest BCUT2D eigenvalue weighted by Gasteiger charge is 2.51. The second-order valence-corrected chi connectivity index (χ2v) is 13.2. The van der Waals surface area contributed by atoms with Gasteiger partial charge >= 0.3 is 0 Å². The van der Waals surface area contributed by atoms with Gasteiger partial charge < -0.3 is 9.32 Å². The summed E-state index contributed by atoms with van der Waals surface area (Å²) in [4.78, 5) is 2.36. The zero-order valence-corrected chi connectivity index (χ0v) is 26.6. The van der Waals surface area contributed by atoms with Gasteiger partial charge in [-0.1, -0.05) is 127 Å². The Kier molecular flexibility index (Phi) is 5.34. The lowest BCUT2D eigenvalue weighted by Crippen LogP contribution is -2.25. The molecule has 228 valence electrons. The summed E-state index contributed by atoms with van der Waals surface area (Å²) in [5.41, 5.74) is 15.3. The Labute approximate surface area is 284 Å². The molecule has 1 spiro atoms. The van der Waals surface area contributed by atoms with Crippen LogP contribution in [0.4, 0.5) is 17.1 Å². The number of para-hydroxylation sites is 1. The molecule has 0 atom stereocenters. The Hall–Kier alpha value is -6.38. The molecule has 0 radical (unpaired) electrons. The fourth-order valence-electron chi connectivity index (χ4n) is 8.92. The van der Waals surface area contributed by atoms with Crippen molar-refractivity contribution in [3.63, 3.8) is 0 Å².